The Balaban J connectivity index is 2.20. The maximum Gasteiger partial charge on any atom is 0.336 e. The lowest BCUT2D eigenvalue weighted by Crippen LogP contribution is -2.28. The Hall–Kier alpha value is -0.720. The number of carboxylic acid groups (broad SMARTS) is 1. The third-order valence-electron chi connectivity index (χ3n) is 3.61. The Bertz CT molecular complexity index is 532. The fourth-order valence-corrected chi connectivity index (χ4v) is 4.50. The molecule has 0 saturated heterocycles. The molecular formula is C14H17BrO4S. The third kappa shape index (κ3) is 3.48. The van der Waals surface area contributed by atoms with Gasteiger partial charge in [0.05, 0.1) is 22.5 Å². The molecule has 3 unspecified atom stereocenters. The first-order valence-electron chi connectivity index (χ1n) is 6.49. The van der Waals surface area contributed by atoms with Crippen molar-refractivity contribution < 1.29 is 18.8 Å². The van der Waals surface area contributed by atoms with Gasteiger partial charge in [-0.3, -0.25) is 4.21 Å². The van der Waals surface area contributed by atoms with Crippen LogP contribution in [0.5, 0.6) is 0 Å². The number of halogens is 1. The minimum Gasteiger partial charge on any atom is -0.478 e. The molecule has 0 radical (unpaired) electrons. The predicted molar refractivity (Wildman–Crippen MR) is 80.6 cm³/mol. The van der Waals surface area contributed by atoms with Gasteiger partial charge >= 0.3 is 5.97 Å². The van der Waals surface area contributed by atoms with Crippen molar-refractivity contribution in [3.8, 4) is 0 Å². The molecule has 6 heteroatoms. The van der Waals surface area contributed by atoms with Crippen LogP contribution in [-0.2, 0) is 15.5 Å². The van der Waals surface area contributed by atoms with Gasteiger partial charge in [0.25, 0.3) is 0 Å². The molecule has 1 N–H and O–H groups in total. The summed E-state index contributed by atoms with van der Waals surface area (Å²) in [5, 5.41) is 9.15. The number of ether oxygens (including phenoxy) is 1. The van der Waals surface area contributed by atoms with Gasteiger partial charge in [0.1, 0.15) is 0 Å². The van der Waals surface area contributed by atoms with E-state index in [1.807, 2.05) is 0 Å². The van der Waals surface area contributed by atoms with Crippen molar-refractivity contribution in [2.45, 2.75) is 41.9 Å². The van der Waals surface area contributed by atoms with Crippen LogP contribution in [-0.4, -0.2) is 33.7 Å². The van der Waals surface area contributed by atoms with Gasteiger partial charge in [-0.1, -0.05) is 0 Å². The Morgan fingerprint density at radius 2 is 2.20 bits per heavy atom. The molecule has 110 valence electrons. The van der Waals surface area contributed by atoms with Crippen LogP contribution >= 0.6 is 15.9 Å². The number of methoxy groups -OCH3 is 1. The molecular weight excluding hydrogens is 344 g/mol. The Morgan fingerprint density at radius 3 is 2.85 bits per heavy atom. The molecule has 0 amide bonds. The molecule has 1 aliphatic carbocycles. The number of hydrogen-bond acceptors (Lipinski definition) is 3. The molecule has 1 aliphatic rings. The fourth-order valence-electron chi connectivity index (χ4n) is 2.50. The lowest BCUT2D eigenvalue weighted by Gasteiger charge is -2.27. The molecule has 0 spiro atoms. The van der Waals surface area contributed by atoms with E-state index in [-0.39, 0.29) is 16.9 Å². The SMILES string of the molecule is COC1CCCC(S(=O)c2ccc(Br)c(C(=O)O)c2)C1. The summed E-state index contributed by atoms with van der Waals surface area (Å²) < 4.78 is 18.5. The van der Waals surface area contributed by atoms with Gasteiger partial charge < -0.3 is 9.84 Å². The summed E-state index contributed by atoms with van der Waals surface area (Å²) in [5.41, 5.74) is 0.148. The van der Waals surface area contributed by atoms with Crippen LogP contribution in [0.1, 0.15) is 36.0 Å². The summed E-state index contributed by atoms with van der Waals surface area (Å²) in [5.74, 6) is -1.02. The average molecular weight is 361 g/mol. The van der Waals surface area contributed by atoms with E-state index < -0.39 is 16.8 Å². The number of benzene rings is 1. The zero-order chi connectivity index (χ0) is 14.7. The first-order chi connectivity index (χ1) is 9.52. The molecule has 1 aromatic rings. The van der Waals surface area contributed by atoms with Crippen molar-refractivity contribution in [1.29, 1.82) is 0 Å². The lowest BCUT2D eigenvalue weighted by atomic mass is 9.97. The molecule has 20 heavy (non-hydrogen) atoms. The summed E-state index contributed by atoms with van der Waals surface area (Å²) in [4.78, 5) is 11.7. The molecule has 0 aromatic heterocycles. The normalized spacial score (nSPS) is 24.3. The number of carboxylic acids is 1. The Labute approximate surface area is 129 Å². The monoisotopic (exact) mass is 360 g/mol. The summed E-state index contributed by atoms with van der Waals surface area (Å²) in [6, 6.07) is 4.87. The van der Waals surface area contributed by atoms with E-state index in [9.17, 15) is 9.00 Å². The standard InChI is InChI=1S/C14H17BrO4S/c1-19-9-3-2-4-10(7-9)20(18)11-5-6-13(15)12(8-11)14(16)17/h5-6,8-10H,2-4,7H2,1H3,(H,16,17). The number of rotatable bonds is 4. The van der Waals surface area contributed by atoms with Gasteiger partial charge in [-0.15, -0.1) is 0 Å². The molecule has 0 heterocycles. The van der Waals surface area contributed by atoms with Crippen molar-refractivity contribution in [2.24, 2.45) is 0 Å². The van der Waals surface area contributed by atoms with Gasteiger partial charge in [-0.25, -0.2) is 4.79 Å². The highest BCUT2D eigenvalue weighted by Crippen LogP contribution is 2.29. The highest BCUT2D eigenvalue weighted by molar-refractivity contribution is 9.10. The van der Waals surface area contributed by atoms with E-state index in [1.54, 1.807) is 19.2 Å². The van der Waals surface area contributed by atoms with Crippen molar-refractivity contribution in [1.82, 2.24) is 0 Å². The van der Waals surface area contributed by atoms with E-state index >= 15 is 0 Å². The maximum atomic E-state index is 12.6. The first kappa shape index (κ1) is 15.7. The van der Waals surface area contributed by atoms with Crippen molar-refractivity contribution in [2.75, 3.05) is 7.11 Å². The molecule has 4 nitrogen and oxygen atoms in total. The van der Waals surface area contributed by atoms with E-state index in [2.05, 4.69) is 15.9 Å². The van der Waals surface area contributed by atoms with Gasteiger partial charge in [0.15, 0.2) is 0 Å². The lowest BCUT2D eigenvalue weighted by molar-refractivity contribution is 0.0695. The maximum absolute atomic E-state index is 12.6. The predicted octanol–water partition coefficient (Wildman–Crippen LogP) is 3.21. The van der Waals surface area contributed by atoms with Crippen LogP contribution in [0.15, 0.2) is 27.6 Å². The van der Waals surface area contributed by atoms with Gasteiger partial charge in [0, 0.05) is 21.7 Å². The second kappa shape index (κ2) is 6.83. The molecule has 3 atom stereocenters. The van der Waals surface area contributed by atoms with Crippen LogP contribution in [0.3, 0.4) is 0 Å². The second-order valence-corrected chi connectivity index (χ2v) is 7.48. The second-order valence-electron chi connectivity index (χ2n) is 4.89. The van der Waals surface area contributed by atoms with Gasteiger partial charge in [-0.2, -0.15) is 0 Å². The first-order valence-corrected chi connectivity index (χ1v) is 8.49. The highest BCUT2D eigenvalue weighted by Gasteiger charge is 2.27. The summed E-state index contributed by atoms with van der Waals surface area (Å²) in [6.07, 6.45) is 3.82. The average Bonchev–Trinajstić information content (AvgIpc) is 2.46. The molecule has 0 aliphatic heterocycles. The van der Waals surface area contributed by atoms with Crippen LogP contribution in [0, 0.1) is 0 Å². The topological polar surface area (TPSA) is 63.6 Å². The van der Waals surface area contributed by atoms with E-state index in [4.69, 9.17) is 9.84 Å². The van der Waals surface area contributed by atoms with E-state index in [0.717, 1.165) is 25.7 Å². The van der Waals surface area contributed by atoms with Crippen molar-refractivity contribution in [3.63, 3.8) is 0 Å². The number of carbonyl (C=O) groups is 1. The minimum absolute atomic E-state index is 0.0384. The minimum atomic E-state index is -1.19. The van der Waals surface area contributed by atoms with E-state index in [0.29, 0.717) is 9.37 Å². The number of aromatic carboxylic acids is 1. The van der Waals surface area contributed by atoms with Crippen LogP contribution in [0.25, 0.3) is 0 Å². The van der Waals surface area contributed by atoms with Crippen LogP contribution in [0.4, 0.5) is 0 Å². The van der Waals surface area contributed by atoms with Crippen LogP contribution in [0.2, 0.25) is 0 Å². The highest BCUT2D eigenvalue weighted by atomic mass is 79.9. The zero-order valence-electron chi connectivity index (χ0n) is 11.2. The van der Waals surface area contributed by atoms with E-state index in [1.165, 1.54) is 6.07 Å². The van der Waals surface area contributed by atoms with Crippen LogP contribution < -0.4 is 0 Å². The number of hydrogen-bond donors (Lipinski definition) is 1. The van der Waals surface area contributed by atoms with Gasteiger partial charge in [-0.05, 0) is 59.8 Å². The van der Waals surface area contributed by atoms with Crippen molar-refractivity contribution >= 4 is 32.7 Å². The molecule has 0 bridgehead atoms. The Kier molecular flexibility index (Phi) is 5.35. The zero-order valence-corrected chi connectivity index (χ0v) is 13.6. The summed E-state index contributed by atoms with van der Waals surface area (Å²) >= 11 is 3.20. The molecule has 1 saturated carbocycles. The molecule has 1 aromatic carbocycles. The Morgan fingerprint density at radius 1 is 1.45 bits per heavy atom. The summed E-state index contributed by atoms with van der Waals surface area (Å²) in [6.45, 7) is 0. The largest absolute Gasteiger partial charge is 0.478 e. The summed E-state index contributed by atoms with van der Waals surface area (Å²) in [7, 11) is 0.487. The molecule has 1 fully saturated rings. The quantitative estimate of drug-likeness (QED) is 0.895. The van der Waals surface area contributed by atoms with Gasteiger partial charge in [0.2, 0.25) is 0 Å². The fraction of sp³-hybridized carbons (Fsp3) is 0.500. The smallest absolute Gasteiger partial charge is 0.336 e. The molecule has 2 rings (SSSR count). The third-order valence-corrected chi connectivity index (χ3v) is 6.06. The van der Waals surface area contributed by atoms with Crippen molar-refractivity contribution in [3.05, 3.63) is 28.2 Å².